The highest BCUT2D eigenvalue weighted by Gasteiger charge is 2.16. The molecule has 0 aliphatic carbocycles. The molecule has 0 saturated heterocycles. The summed E-state index contributed by atoms with van der Waals surface area (Å²) < 4.78 is 5.83. The zero-order valence-electron chi connectivity index (χ0n) is 16.5. The van der Waals surface area contributed by atoms with E-state index in [4.69, 9.17) is 9.40 Å². The maximum atomic E-state index is 5.83. The lowest BCUT2D eigenvalue weighted by molar-refractivity contribution is 0.581. The number of aromatic nitrogens is 5. The highest BCUT2D eigenvalue weighted by atomic mass is 16.4. The van der Waals surface area contributed by atoms with Crippen LogP contribution in [0.2, 0.25) is 0 Å². The monoisotopic (exact) mass is 384 g/mol. The maximum absolute atomic E-state index is 5.83. The minimum Gasteiger partial charge on any atom is -0.415 e. The Labute approximate surface area is 168 Å². The fraction of sp³-hybridized carbons (Fsp3) is 0.136. The van der Waals surface area contributed by atoms with Gasteiger partial charge in [0.1, 0.15) is 5.69 Å². The lowest BCUT2D eigenvalue weighted by Crippen LogP contribution is -2.08. The fourth-order valence-corrected chi connectivity index (χ4v) is 2.81. The molecule has 0 unspecified atom stereocenters. The number of benzene rings is 1. The first-order valence-corrected chi connectivity index (χ1v) is 9.08. The van der Waals surface area contributed by atoms with Gasteiger partial charge in [0.2, 0.25) is 5.89 Å². The van der Waals surface area contributed by atoms with E-state index in [1.54, 1.807) is 18.6 Å². The van der Waals surface area contributed by atoms with Crippen molar-refractivity contribution < 1.29 is 4.42 Å². The van der Waals surface area contributed by atoms with Crippen molar-refractivity contribution in [3.63, 3.8) is 0 Å². The van der Waals surface area contributed by atoms with Crippen molar-refractivity contribution in [3.8, 4) is 34.3 Å². The van der Waals surface area contributed by atoms with E-state index in [1.165, 1.54) is 0 Å². The van der Waals surface area contributed by atoms with Gasteiger partial charge >= 0.3 is 0 Å². The van der Waals surface area contributed by atoms with Crippen molar-refractivity contribution in [3.05, 3.63) is 72.8 Å². The third kappa shape index (κ3) is 3.75. The molecule has 0 atom stereocenters. The molecule has 144 valence electrons. The molecule has 4 rings (SSSR count). The van der Waals surface area contributed by atoms with Crippen molar-refractivity contribution >= 4 is 5.70 Å². The van der Waals surface area contributed by atoms with Crippen molar-refractivity contribution in [2.75, 3.05) is 14.1 Å². The van der Waals surface area contributed by atoms with Crippen molar-refractivity contribution in [2.45, 2.75) is 6.92 Å². The Balaban J connectivity index is 1.67. The van der Waals surface area contributed by atoms with E-state index in [2.05, 4.69) is 26.7 Å². The van der Waals surface area contributed by atoms with Gasteiger partial charge in [-0.3, -0.25) is 9.97 Å². The Hall–Kier alpha value is -3.87. The summed E-state index contributed by atoms with van der Waals surface area (Å²) in [6.07, 6.45) is 5.10. The molecule has 3 heterocycles. The molecule has 4 aromatic rings. The molecule has 7 heteroatoms. The van der Waals surface area contributed by atoms with Crippen LogP contribution in [0, 0.1) is 6.92 Å². The largest absolute Gasteiger partial charge is 0.415 e. The van der Waals surface area contributed by atoms with Crippen molar-refractivity contribution in [1.82, 2.24) is 30.0 Å². The normalized spacial score (nSPS) is 10.7. The van der Waals surface area contributed by atoms with Gasteiger partial charge in [0.05, 0.1) is 17.6 Å². The molecular formula is C22H20N6O. The molecule has 1 aromatic carbocycles. The summed E-state index contributed by atoms with van der Waals surface area (Å²) in [4.78, 5) is 15.2. The van der Waals surface area contributed by atoms with Crippen LogP contribution in [0.25, 0.3) is 40.0 Å². The van der Waals surface area contributed by atoms with Crippen LogP contribution < -0.4 is 0 Å². The highest BCUT2D eigenvalue weighted by molar-refractivity contribution is 5.68. The van der Waals surface area contributed by atoms with Crippen LogP contribution in [0.4, 0.5) is 0 Å². The van der Waals surface area contributed by atoms with Gasteiger partial charge in [-0.15, -0.1) is 10.2 Å². The first-order valence-electron chi connectivity index (χ1n) is 9.08. The third-order valence-corrected chi connectivity index (χ3v) is 4.56. The number of rotatable bonds is 5. The zero-order valence-corrected chi connectivity index (χ0v) is 16.5. The average Bonchev–Trinajstić information content (AvgIpc) is 3.24. The SMILES string of the molecule is C=C(c1ccc(-c2cnc(C)c(-c3nnc(-c4ccncc4)o3)n2)cc1)N(C)C. The van der Waals surface area contributed by atoms with E-state index in [0.29, 0.717) is 17.5 Å². The predicted octanol–water partition coefficient (Wildman–Crippen LogP) is 4.10. The summed E-state index contributed by atoms with van der Waals surface area (Å²) in [5.74, 6) is 0.752. The minimum atomic E-state index is 0.335. The summed E-state index contributed by atoms with van der Waals surface area (Å²) in [7, 11) is 3.94. The van der Waals surface area contributed by atoms with Gasteiger partial charge < -0.3 is 9.32 Å². The second kappa shape index (κ2) is 7.63. The van der Waals surface area contributed by atoms with Gasteiger partial charge in [-0.05, 0) is 24.6 Å². The Kier molecular flexibility index (Phi) is 4.87. The summed E-state index contributed by atoms with van der Waals surface area (Å²) in [5.41, 5.74) is 5.77. The van der Waals surface area contributed by atoms with Crippen LogP contribution in [0.15, 0.2) is 66.0 Å². The molecule has 0 spiro atoms. The number of aryl methyl sites for hydroxylation is 1. The van der Waals surface area contributed by atoms with Crippen LogP contribution in [0.5, 0.6) is 0 Å². The van der Waals surface area contributed by atoms with Gasteiger partial charge in [0, 0.05) is 43.3 Å². The molecule has 0 fully saturated rings. The highest BCUT2D eigenvalue weighted by Crippen LogP contribution is 2.27. The molecule has 7 nitrogen and oxygen atoms in total. The third-order valence-electron chi connectivity index (χ3n) is 4.56. The van der Waals surface area contributed by atoms with E-state index in [-0.39, 0.29) is 0 Å². The fourth-order valence-electron chi connectivity index (χ4n) is 2.81. The molecule has 0 aliphatic rings. The minimum absolute atomic E-state index is 0.335. The van der Waals surface area contributed by atoms with Gasteiger partial charge in [-0.25, -0.2) is 4.98 Å². The number of hydrogen-bond donors (Lipinski definition) is 0. The molecule has 0 N–H and O–H groups in total. The van der Waals surface area contributed by atoms with Crippen LogP contribution >= 0.6 is 0 Å². The van der Waals surface area contributed by atoms with Crippen LogP contribution in [-0.4, -0.2) is 44.1 Å². The Morgan fingerprint density at radius 2 is 1.62 bits per heavy atom. The number of hydrogen-bond acceptors (Lipinski definition) is 7. The predicted molar refractivity (Wildman–Crippen MR) is 111 cm³/mol. The van der Waals surface area contributed by atoms with Gasteiger partial charge in [-0.1, -0.05) is 30.8 Å². The van der Waals surface area contributed by atoms with E-state index >= 15 is 0 Å². The molecule has 0 saturated carbocycles. The first-order chi connectivity index (χ1) is 14.0. The molecule has 0 amide bonds. The van der Waals surface area contributed by atoms with Gasteiger partial charge in [0.25, 0.3) is 5.89 Å². The van der Waals surface area contributed by atoms with E-state index in [0.717, 1.165) is 33.8 Å². The number of nitrogens with zero attached hydrogens (tertiary/aromatic N) is 6. The Morgan fingerprint density at radius 1 is 0.931 bits per heavy atom. The zero-order chi connectivity index (χ0) is 20.4. The lowest BCUT2D eigenvalue weighted by atomic mass is 10.1. The average molecular weight is 384 g/mol. The lowest BCUT2D eigenvalue weighted by Gasteiger charge is -2.16. The summed E-state index contributed by atoms with van der Waals surface area (Å²) >= 11 is 0. The number of pyridine rings is 1. The topological polar surface area (TPSA) is 80.8 Å². The van der Waals surface area contributed by atoms with Crippen molar-refractivity contribution in [2.24, 2.45) is 0 Å². The van der Waals surface area contributed by atoms with E-state index in [9.17, 15) is 0 Å². The molecule has 0 bridgehead atoms. The Bertz CT molecular complexity index is 1150. The standard InChI is InChI=1S/C22H20N6O/c1-14-20(22-27-26-21(29-22)18-9-11-23-12-10-18)25-19(13-24-14)17-7-5-16(6-8-17)15(2)28(3)4/h5-13H,2H2,1,3-4H3. The van der Waals surface area contributed by atoms with Gasteiger partial charge in [0.15, 0.2) is 0 Å². The first kappa shape index (κ1) is 18.5. The molecular weight excluding hydrogens is 364 g/mol. The molecule has 0 aliphatic heterocycles. The van der Waals surface area contributed by atoms with Crippen molar-refractivity contribution in [1.29, 1.82) is 0 Å². The van der Waals surface area contributed by atoms with Crippen LogP contribution in [0.3, 0.4) is 0 Å². The Morgan fingerprint density at radius 3 is 2.31 bits per heavy atom. The summed E-state index contributed by atoms with van der Waals surface area (Å²) in [6.45, 7) is 5.95. The summed E-state index contributed by atoms with van der Waals surface area (Å²) in [5, 5.41) is 8.29. The second-order valence-corrected chi connectivity index (χ2v) is 6.76. The van der Waals surface area contributed by atoms with E-state index < -0.39 is 0 Å². The molecule has 29 heavy (non-hydrogen) atoms. The second-order valence-electron chi connectivity index (χ2n) is 6.76. The summed E-state index contributed by atoms with van der Waals surface area (Å²) in [6, 6.07) is 11.7. The molecule has 3 aromatic heterocycles. The van der Waals surface area contributed by atoms with Crippen LogP contribution in [-0.2, 0) is 0 Å². The van der Waals surface area contributed by atoms with E-state index in [1.807, 2.05) is 62.3 Å². The quantitative estimate of drug-likeness (QED) is 0.512. The van der Waals surface area contributed by atoms with Crippen LogP contribution in [0.1, 0.15) is 11.3 Å². The maximum Gasteiger partial charge on any atom is 0.268 e. The molecule has 0 radical (unpaired) electrons. The van der Waals surface area contributed by atoms with Gasteiger partial charge in [-0.2, -0.15) is 0 Å². The smallest absolute Gasteiger partial charge is 0.268 e.